The lowest BCUT2D eigenvalue weighted by Crippen LogP contribution is -2.33. The number of ether oxygens (including phenoxy) is 1. The number of thiocarbonyl (C=S) groups is 1. The van der Waals surface area contributed by atoms with E-state index >= 15 is 0 Å². The number of hydrogen-bond acceptors (Lipinski definition) is 9. The molecule has 1 aliphatic rings. The number of fused-ring (bicyclic) bond motifs is 1. The molecule has 5 N–H and O–H groups in total. The number of nitrogens with two attached hydrogens (primary N) is 1. The number of hydrogen-bond donors (Lipinski definition) is 4. The van der Waals surface area contributed by atoms with Gasteiger partial charge in [0.25, 0.3) is 0 Å². The molecule has 0 amide bonds. The second-order valence-electron chi connectivity index (χ2n) is 4.64. The number of anilines is 1. The van der Waals surface area contributed by atoms with Gasteiger partial charge in [-0.25, -0.2) is 15.0 Å². The maximum atomic E-state index is 10.0. The first-order chi connectivity index (χ1) is 10.1. The van der Waals surface area contributed by atoms with Gasteiger partial charge < -0.3 is 25.8 Å². The van der Waals surface area contributed by atoms with Crippen LogP contribution in [-0.2, 0) is 4.74 Å². The third-order valence-electron chi connectivity index (χ3n) is 3.36. The van der Waals surface area contributed by atoms with Gasteiger partial charge in [0.15, 0.2) is 23.5 Å². The monoisotopic (exact) mass is 311 g/mol. The van der Waals surface area contributed by atoms with Gasteiger partial charge in [-0.1, -0.05) is 12.2 Å². The number of nitrogens with zero attached hydrogens (tertiary/aromatic N) is 4. The van der Waals surface area contributed by atoms with Crippen LogP contribution in [-0.4, -0.2) is 65.1 Å². The molecule has 0 aliphatic carbocycles. The summed E-state index contributed by atoms with van der Waals surface area (Å²) in [6.07, 6.45) is -2.88. The van der Waals surface area contributed by atoms with E-state index in [1.54, 1.807) is 0 Å². The second kappa shape index (κ2) is 5.24. The Balaban J connectivity index is 2.09. The number of imidazole rings is 1. The highest BCUT2D eigenvalue weighted by molar-refractivity contribution is 7.79. The molecule has 21 heavy (non-hydrogen) atoms. The van der Waals surface area contributed by atoms with Crippen LogP contribution in [0.3, 0.4) is 0 Å². The van der Waals surface area contributed by atoms with E-state index in [4.69, 9.17) is 27.8 Å². The highest BCUT2D eigenvalue weighted by atomic mass is 32.1. The van der Waals surface area contributed by atoms with Crippen molar-refractivity contribution in [2.75, 3.05) is 12.3 Å². The molecule has 0 radical (unpaired) electrons. The van der Waals surface area contributed by atoms with Crippen molar-refractivity contribution >= 4 is 34.6 Å². The third kappa shape index (κ3) is 2.17. The van der Waals surface area contributed by atoms with Crippen LogP contribution in [0.1, 0.15) is 12.1 Å². The largest absolute Gasteiger partial charge is 0.394 e. The summed E-state index contributed by atoms with van der Waals surface area (Å²) in [6, 6.07) is 0. The average molecular weight is 311 g/mol. The Hall–Kier alpha value is -1.72. The van der Waals surface area contributed by atoms with E-state index in [0.717, 1.165) is 0 Å². The lowest BCUT2D eigenvalue weighted by molar-refractivity contribution is -0.0511. The maximum absolute atomic E-state index is 10.0. The van der Waals surface area contributed by atoms with E-state index < -0.39 is 31.1 Å². The van der Waals surface area contributed by atoms with Crippen molar-refractivity contribution in [2.24, 2.45) is 0 Å². The standard InChI is InChI=1S/C11H13N5O4S/c12-9-6-10(15-5(2-21)14-9)16(3-13-6)11-8(19)7(18)4(1-17)20-11/h2-4,7-8,11,17-19H,1H2,(H2,12,14,15)/t4-,7-,8-,11-/m1/s1. The van der Waals surface area contributed by atoms with Crippen LogP contribution < -0.4 is 5.73 Å². The van der Waals surface area contributed by atoms with Crippen LogP contribution in [0.25, 0.3) is 11.2 Å². The zero-order valence-electron chi connectivity index (χ0n) is 10.7. The molecule has 112 valence electrons. The number of aromatic nitrogens is 4. The molecule has 0 unspecified atom stereocenters. The first-order valence-corrected chi connectivity index (χ1v) is 6.61. The summed E-state index contributed by atoms with van der Waals surface area (Å²) in [5, 5.41) is 30.2. The minimum absolute atomic E-state index is 0.154. The minimum Gasteiger partial charge on any atom is -0.394 e. The predicted octanol–water partition coefficient (Wildman–Crippen LogP) is -1.63. The lowest BCUT2D eigenvalue weighted by atomic mass is 10.1. The highest BCUT2D eigenvalue weighted by Gasteiger charge is 2.44. The summed E-state index contributed by atoms with van der Waals surface area (Å²) in [6.45, 7) is -0.413. The Labute approximate surface area is 124 Å². The minimum atomic E-state index is -1.23. The second-order valence-corrected chi connectivity index (χ2v) is 4.87. The zero-order valence-corrected chi connectivity index (χ0v) is 11.5. The van der Waals surface area contributed by atoms with Crippen molar-refractivity contribution in [1.29, 1.82) is 0 Å². The van der Waals surface area contributed by atoms with Gasteiger partial charge in [0, 0.05) is 5.37 Å². The first-order valence-electron chi connectivity index (χ1n) is 6.14. The molecule has 1 fully saturated rings. The fraction of sp³-hybridized carbons (Fsp3) is 0.455. The van der Waals surface area contributed by atoms with Crippen LogP contribution in [0.2, 0.25) is 0 Å². The molecule has 9 nitrogen and oxygen atoms in total. The molecule has 0 bridgehead atoms. The van der Waals surface area contributed by atoms with Gasteiger partial charge in [-0.15, -0.1) is 0 Å². The smallest absolute Gasteiger partial charge is 0.168 e. The highest BCUT2D eigenvalue weighted by Crippen LogP contribution is 2.31. The summed E-state index contributed by atoms with van der Waals surface area (Å²) in [5.74, 6) is 0.394. The number of nitrogen functional groups attached to an aromatic ring is 1. The van der Waals surface area contributed by atoms with Crippen molar-refractivity contribution < 1.29 is 20.1 Å². The molecule has 4 atom stereocenters. The average Bonchev–Trinajstić information content (AvgIpc) is 3.02. The topological polar surface area (TPSA) is 140 Å². The van der Waals surface area contributed by atoms with Crippen LogP contribution >= 0.6 is 12.2 Å². The predicted molar refractivity (Wildman–Crippen MR) is 75.5 cm³/mol. The third-order valence-corrected chi connectivity index (χ3v) is 3.57. The summed E-state index contributed by atoms with van der Waals surface area (Å²) >= 11 is 4.78. The molecule has 1 aliphatic heterocycles. The molecule has 10 heteroatoms. The van der Waals surface area contributed by atoms with E-state index in [0.29, 0.717) is 11.2 Å². The van der Waals surface area contributed by atoms with E-state index in [1.807, 2.05) is 0 Å². The number of rotatable bonds is 3. The maximum Gasteiger partial charge on any atom is 0.168 e. The lowest BCUT2D eigenvalue weighted by Gasteiger charge is -2.16. The van der Waals surface area contributed by atoms with Gasteiger partial charge in [-0.05, 0) is 0 Å². The van der Waals surface area contributed by atoms with Crippen molar-refractivity contribution in [3.05, 3.63) is 12.2 Å². The van der Waals surface area contributed by atoms with Crippen molar-refractivity contribution in [1.82, 2.24) is 19.5 Å². The van der Waals surface area contributed by atoms with Crippen LogP contribution in [0.5, 0.6) is 0 Å². The Morgan fingerprint density at radius 1 is 1.38 bits per heavy atom. The Kier molecular flexibility index (Phi) is 3.55. The van der Waals surface area contributed by atoms with E-state index in [-0.39, 0.29) is 11.6 Å². The number of aliphatic hydroxyl groups excluding tert-OH is 3. The Morgan fingerprint density at radius 3 is 2.76 bits per heavy atom. The Bertz CT molecular complexity index is 693. The molecule has 3 heterocycles. The molecule has 2 aromatic rings. The van der Waals surface area contributed by atoms with Crippen LogP contribution in [0, 0.1) is 0 Å². The molecule has 3 rings (SSSR count). The Morgan fingerprint density at radius 2 is 2.14 bits per heavy atom. The van der Waals surface area contributed by atoms with Gasteiger partial charge in [-0.3, -0.25) is 4.57 Å². The zero-order chi connectivity index (χ0) is 15.1. The van der Waals surface area contributed by atoms with Gasteiger partial charge in [-0.2, -0.15) is 0 Å². The molecule has 0 saturated carbocycles. The van der Waals surface area contributed by atoms with Gasteiger partial charge in [0.2, 0.25) is 0 Å². The summed E-state index contributed by atoms with van der Waals surface area (Å²) in [7, 11) is 0. The summed E-state index contributed by atoms with van der Waals surface area (Å²) < 4.78 is 6.87. The molecule has 0 spiro atoms. The van der Waals surface area contributed by atoms with Crippen molar-refractivity contribution in [3.8, 4) is 0 Å². The molecular weight excluding hydrogens is 298 g/mol. The van der Waals surface area contributed by atoms with E-state index in [9.17, 15) is 10.2 Å². The molecule has 2 aromatic heterocycles. The summed E-state index contributed by atoms with van der Waals surface area (Å²) in [5.41, 5.74) is 6.44. The van der Waals surface area contributed by atoms with Gasteiger partial charge >= 0.3 is 0 Å². The first kappa shape index (κ1) is 14.2. The SMILES string of the molecule is Nc1nc(C=S)nc2c1ncn2[C@@H]1O[C@H](CO)[C@@H](O)[C@H]1O. The molecule has 1 saturated heterocycles. The molecular formula is C11H13N5O4S. The van der Waals surface area contributed by atoms with Crippen LogP contribution in [0.15, 0.2) is 6.33 Å². The fourth-order valence-corrected chi connectivity index (χ4v) is 2.41. The van der Waals surface area contributed by atoms with E-state index in [1.165, 1.54) is 16.3 Å². The van der Waals surface area contributed by atoms with Crippen molar-refractivity contribution in [2.45, 2.75) is 24.5 Å². The van der Waals surface area contributed by atoms with Crippen LogP contribution in [0.4, 0.5) is 5.82 Å². The quantitative estimate of drug-likeness (QED) is 0.492. The summed E-state index contributed by atoms with van der Waals surface area (Å²) in [4.78, 5) is 12.2. The van der Waals surface area contributed by atoms with E-state index in [2.05, 4.69) is 15.0 Å². The van der Waals surface area contributed by atoms with Gasteiger partial charge in [0.1, 0.15) is 23.8 Å². The van der Waals surface area contributed by atoms with Crippen molar-refractivity contribution in [3.63, 3.8) is 0 Å². The fourth-order valence-electron chi connectivity index (χ4n) is 2.30. The molecule has 0 aromatic carbocycles. The normalized spacial score (nSPS) is 29.1. The number of aliphatic hydroxyl groups is 3. The van der Waals surface area contributed by atoms with Gasteiger partial charge in [0.05, 0.1) is 12.9 Å².